The first-order valence-corrected chi connectivity index (χ1v) is 11.1. The van der Waals surface area contributed by atoms with Crippen molar-refractivity contribution in [2.45, 2.75) is 24.0 Å². The number of carbonyl (C=O) groups is 3. The molecule has 1 aliphatic rings. The number of nitrogens with zero attached hydrogens (tertiary/aromatic N) is 2. The van der Waals surface area contributed by atoms with E-state index in [2.05, 4.69) is 5.32 Å². The molecule has 164 valence electrons. The highest BCUT2D eigenvalue weighted by Gasteiger charge is 2.28. The largest absolute Gasteiger partial charge is 0.338 e. The summed E-state index contributed by atoms with van der Waals surface area (Å²) in [7, 11) is 0. The minimum absolute atomic E-state index is 0.00264. The van der Waals surface area contributed by atoms with Gasteiger partial charge in [0.05, 0.1) is 15.8 Å². The second kappa shape index (κ2) is 10.2. The molecule has 1 unspecified atom stereocenters. The van der Waals surface area contributed by atoms with E-state index in [-0.39, 0.29) is 33.6 Å². The molecule has 6 nitrogen and oxygen atoms in total. The van der Waals surface area contributed by atoms with Gasteiger partial charge in [-0.25, -0.2) is 4.39 Å². The lowest BCUT2D eigenvalue weighted by Crippen LogP contribution is -2.52. The Labute approximate surface area is 189 Å². The standard InChI is InChI=1S/C22H23ClFN3O3S/c1-14(31-18-6-4-17(5-7-18)25-15(2)28)21(29)26-9-11-27(12-10-26)22(30)19-8-3-16(24)13-20(19)23/h3-8,13-14H,9-12H2,1-2H3,(H,25,28). The molecule has 1 heterocycles. The van der Waals surface area contributed by atoms with Gasteiger partial charge in [-0.3, -0.25) is 14.4 Å². The van der Waals surface area contributed by atoms with Crippen molar-refractivity contribution in [3.8, 4) is 0 Å². The molecule has 0 aliphatic carbocycles. The quantitative estimate of drug-likeness (QED) is 0.683. The van der Waals surface area contributed by atoms with E-state index >= 15 is 0 Å². The molecule has 9 heteroatoms. The molecule has 3 amide bonds. The topological polar surface area (TPSA) is 69.7 Å². The number of halogens is 2. The first-order valence-electron chi connectivity index (χ1n) is 9.82. The monoisotopic (exact) mass is 463 g/mol. The van der Waals surface area contributed by atoms with Gasteiger partial charge in [-0.05, 0) is 49.4 Å². The van der Waals surface area contributed by atoms with E-state index in [4.69, 9.17) is 11.6 Å². The summed E-state index contributed by atoms with van der Waals surface area (Å²) in [5.41, 5.74) is 0.965. The molecule has 2 aromatic carbocycles. The Kier molecular flexibility index (Phi) is 7.56. The van der Waals surface area contributed by atoms with Crippen LogP contribution in [0.5, 0.6) is 0 Å². The second-order valence-corrected chi connectivity index (χ2v) is 9.03. The predicted molar refractivity (Wildman–Crippen MR) is 120 cm³/mol. The van der Waals surface area contributed by atoms with Crippen LogP contribution in [0.2, 0.25) is 5.02 Å². The number of piperazine rings is 1. The summed E-state index contributed by atoms with van der Waals surface area (Å²) in [5.74, 6) is -0.891. The molecule has 0 saturated carbocycles. The fourth-order valence-electron chi connectivity index (χ4n) is 3.29. The van der Waals surface area contributed by atoms with Gasteiger partial charge < -0.3 is 15.1 Å². The molecule has 0 bridgehead atoms. The zero-order chi connectivity index (χ0) is 22.5. The number of thioether (sulfide) groups is 1. The van der Waals surface area contributed by atoms with E-state index < -0.39 is 5.82 Å². The molecule has 0 radical (unpaired) electrons. The smallest absolute Gasteiger partial charge is 0.255 e. The highest BCUT2D eigenvalue weighted by Crippen LogP contribution is 2.26. The van der Waals surface area contributed by atoms with Crippen LogP contribution in [0.25, 0.3) is 0 Å². The number of benzene rings is 2. The molecule has 1 aliphatic heterocycles. The average Bonchev–Trinajstić information content (AvgIpc) is 2.74. The van der Waals surface area contributed by atoms with Crippen molar-refractivity contribution in [3.63, 3.8) is 0 Å². The van der Waals surface area contributed by atoms with Crippen LogP contribution in [0.4, 0.5) is 10.1 Å². The molecular formula is C22H23ClFN3O3S. The van der Waals surface area contributed by atoms with Gasteiger partial charge in [-0.1, -0.05) is 11.6 Å². The maximum atomic E-state index is 13.2. The van der Waals surface area contributed by atoms with Gasteiger partial charge in [0.15, 0.2) is 0 Å². The Hall–Kier alpha value is -2.58. The lowest BCUT2D eigenvalue weighted by atomic mass is 10.1. The van der Waals surface area contributed by atoms with Gasteiger partial charge in [-0.15, -0.1) is 11.8 Å². The maximum absolute atomic E-state index is 13.2. The third-order valence-corrected chi connectivity index (χ3v) is 6.29. The van der Waals surface area contributed by atoms with Gasteiger partial charge in [0, 0.05) is 43.7 Å². The summed E-state index contributed by atoms with van der Waals surface area (Å²) in [5, 5.41) is 2.50. The van der Waals surface area contributed by atoms with Gasteiger partial charge in [0.1, 0.15) is 5.82 Å². The highest BCUT2D eigenvalue weighted by molar-refractivity contribution is 8.00. The minimum atomic E-state index is -0.492. The summed E-state index contributed by atoms with van der Waals surface area (Å²) in [6, 6.07) is 11.0. The second-order valence-electron chi connectivity index (χ2n) is 7.21. The summed E-state index contributed by atoms with van der Waals surface area (Å²) in [4.78, 5) is 40.9. The molecule has 1 atom stereocenters. The van der Waals surface area contributed by atoms with Crippen molar-refractivity contribution < 1.29 is 18.8 Å². The van der Waals surface area contributed by atoms with E-state index in [9.17, 15) is 18.8 Å². The molecule has 0 aromatic heterocycles. The SMILES string of the molecule is CC(=O)Nc1ccc(SC(C)C(=O)N2CCN(C(=O)c3ccc(F)cc3Cl)CC2)cc1. The molecule has 1 saturated heterocycles. The van der Waals surface area contributed by atoms with Crippen molar-refractivity contribution >= 4 is 46.8 Å². The number of amides is 3. The molecule has 1 N–H and O–H groups in total. The van der Waals surface area contributed by atoms with Crippen molar-refractivity contribution in [3.05, 3.63) is 58.9 Å². The molecule has 0 spiro atoms. The number of carbonyl (C=O) groups excluding carboxylic acids is 3. The van der Waals surface area contributed by atoms with Crippen molar-refractivity contribution in [2.24, 2.45) is 0 Å². The first kappa shape index (κ1) is 23.1. The minimum Gasteiger partial charge on any atom is -0.338 e. The normalized spacial score (nSPS) is 14.8. The van der Waals surface area contributed by atoms with E-state index in [0.29, 0.717) is 31.9 Å². The third kappa shape index (κ3) is 5.98. The summed E-state index contributed by atoms with van der Waals surface area (Å²) < 4.78 is 13.2. The Morgan fingerprint density at radius 3 is 2.23 bits per heavy atom. The number of hydrogen-bond donors (Lipinski definition) is 1. The van der Waals surface area contributed by atoms with E-state index in [1.165, 1.54) is 30.8 Å². The maximum Gasteiger partial charge on any atom is 0.255 e. The van der Waals surface area contributed by atoms with Gasteiger partial charge >= 0.3 is 0 Å². The molecule has 31 heavy (non-hydrogen) atoms. The van der Waals surface area contributed by atoms with Gasteiger partial charge in [0.2, 0.25) is 11.8 Å². The first-order chi connectivity index (χ1) is 14.7. The fourth-order valence-corrected chi connectivity index (χ4v) is 4.49. The van der Waals surface area contributed by atoms with Crippen LogP contribution in [0.3, 0.4) is 0 Å². The lowest BCUT2D eigenvalue weighted by Gasteiger charge is -2.36. The Balaban J connectivity index is 1.53. The molecule has 3 rings (SSSR count). The Morgan fingerprint density at radius 2 is 1.65 bits per heavy atom. The number of hydrogen-bond acceptors (Lipinski definition) is 4. The Bertz CT molecular complexity index is 978. The van der Waals surface area contributed by atoms with E-state index in [0.717, 1.165) is 11.0 Å². The van der Waals surface area contributed by atoms with Crippen LogP contribution in [-0.2, 0) is 9.59 Å². The summed E-state index contributed by atoms with van der Waals surface area (Å²) >= 11 is 7.44. The fraction of sp³-hybridized carbons (Fsp3) is 0.318. The zero-order valence-corrected chi connectivity index (χ0v) is 18.8. The van der Waals surface area contributed by atoms with Crippen LogP contribution in [0.1, 0.15) is 24.2 Å². The predicted octanol–water partition coefficient (Wildman–Crippen LogP) is 3.90. The van der Waals surface area contributed by atoms with Crippen LogP contribution in [0.15, 0.2) is 47.4 Å². The summed E-state index contributed by atoms with van der Waals surface area (Å²) in [6.07, 6.45) is 0. The van der Waals surface area contributed by atoms with Gasteiger partial charge in [-0.2, -0.15) is 0 Å². The average molecular weight is 464 g/mol. The summed E-state index contributed by atoms with van der Waals surface area (Å²) in [6.45, 7) is 4.93. The van der Waals surface area contributed by atoms with E-state index in [1.54, 1.807) is 21.9 Å². The van der Waals surface area contributed by atoms with Crippen LogP contribution >= 0.6 is 23.4 Å². The van der Waals surface area contributed by atoms with Gasteiger partial charge in [0.25, 0.3) is 5.91 Å². The van der Waals surface area contributed by atoms with Crippen molar-refractivity contribution in [1.29, 1.82) is 0 Å². The van der Waals surface area contributed by atoms with Crippen LogP contribution < -0.4 is 5.32 Å². The highest BCUT2D eigenvalue weighted by atomic mass is 35.5. The third-order valence-electron chi connectivity index (χ3n) is 4.88. The van der Waals surface area contributed by atoms with Crippen molar-refractivity contribution in [2.75, 3.05) is 31.5 Å². The number of anilines is 1. The van der Waals surface area contributed by atoms with Crippen molar-refractivity contribution in [1.82, 2.24) is 9.80 Å². The molecule has 1 fully saturated rings. The molecule has 2 aromatic rings. The van der Waals surface area contributed by atoms with Crippen LogP contribution in [0, 0.1) is 5.82 Å². The lowest BCUT2D eigenvalue weighted by molar-refractivity contribution is -0.131. The number of rotatable bonds is 5. The van der Waals surface area contributed by atoms with Crippen LogP contribution in [-0.4, -0.2) is 59.0 Å². The number of nitrogens with one attached hydrogen (secondary N) is 1. The van der Waals surface area contributed by atoms with E-state index in [1.807, 2.05) is 19.1 Å². The zero-order valence-electron chi connectivity index (χ0n) is 17.2. The Morgan fingerprint density at radius 1 is 1.03 bits per heavy atom. The molecular weight excluding hydrogens is 441 g/mol.